The van der Waals surface area contributed by atoms with Crippen LogP contribution < -0.4 is 5.32 Å². The maximum Gasteiger partial charge on any atom is 0.339 e. The van der Waals surface area contributed by atoms with E-state index in [-0.39, 0.29) is 18.6 Å². The Bertz CT molecular complexity index is 1060. The van der Waals surface area contributed by atoms with Gasteiger partial charge in [-0.3, -0.25) is 9.78 Å². The van der Waals surface area contributed by atoms with Crippen LogP contribution in [0.1, 0.15) is 53.3 Å². The molecular formula is C23H21BrN2O3. The zero-order chi connectivity index (χ0) is 20.4. The second-order valence-corrected chi connectivity index (χ2v) is 8.22. The van der Waals surface area contributed by atoms with Gasteiger partial charge >= 0.3 is 5.97 Å². The first-order valence-electron chi connectivity index (χ1n) is 9.63. The van der Waals surface area contributed by atoms with Crippen molar-refractivity contribution >= 4 is 38.7 Å². The van der Waals surface area contributed by atoms with Crippen molar-refractivity contribution in [2.45, 2.75) is 31.7 Å². The maximum atomic E-state index is 12.7. The minimum atomic E-state index is -0.503. The molecule has 1 heterocycles. The molecule has 0 spiro atoms. The van der Waals surface area contributed by atoms with Gasteiger partial charge in [0.25, 0.3) is 5.91 Å². The van der Waals surface area contributed by atoms with E-state index in [1.165, 1.54) is 0 Å². The third kappa shape index (κ3) is 4.65. The first-order chi connectivity index (χ1) is 14.0. The normalized spacial score (nSPS) is 14.4. The van der Waals surface area contributed by atoms with E-state index in [0.717, 1.165) is 39.5 Å². The van der Waals surface area contributed by atoms with E-state index >= 15 is 0 Å². The molecule has 1 fully saturated rings. The molecule has 1 amide bonds. The van der Waals surface area contributed by atoms with E-state index in [4.69, 9.17) is 4.74 Å². The minimum absolute atomic E-state index is 0.183. The van der Waals surface area contributed by atoms with Crippen molar-refractivity contribution in [1.82, 2.24) is 10.3 Å². The van der Waals surface area contributed by atoms with E-state index in [2.05, 4.69) is 26.2 Å². The number of ether oxygens (including phenoxy) is 1. The monoisotopic (exact) mass is 452 g/mol. The number of rotatable bonds is 6. The Balaban J connectivity index is 1.43. The molecule has 1 saturated carbocycles. The van der Waals surface area contributed by atoms with Crippen molar-refractivity contribution in [3.05, 3.63) is 75.9 Å². The Morgan fingerprint density at radius 2 is 1.90 bits per heavy atom. The van der Waals surface area contributed by atoms with E-state index in [1.807, 2.05) is 61.5 Å². The number of pyridine rings is 1. The molecule has 2 aromatic carbocycles. The molecule has 29 heavy (non-hydrogen) atoms. The highest BCUT2D eigenvalue weighted by molar-refractivity contribution is 9.10. The molecule has 6 heteroatoms. The Labute approximate surface area is 177 Å². The number of nitrogens with zero attached hydrogens (tertiary/aromatic N) is 1. The first-order valence-corrected chi connectivity index (χ1v) is 10.4. The van der Waals surface area contributed by atoms with Gasteiger partial charge in [-0.1, -0.05) is 46.3 Å². The Morgan fingerprint density at radius 1 is 1.17 bits per heavy atom. The summed E-state index contributed by atoms with van der Waals surface area (Å²) in [4.78, 5) is 29.6. The molecular weight excluding hydrogens is 432 g/mol. The first kappa shape index (κ1) is 19.6. The Hall–Kier alpha value is -2.73. The van der Waals surface area contributed by atoms with Crippen LogP contribution in [-0.4, -0.2) is 23.5 Å². The molecule has 1 aliphatic rings. The van der Waals surface area contributed by atoms with Crippen molar-refractivity contribution in [2.75, 3.05) is 6.61 Å². The number of amides is 1. The van der Waals surface area contributed by atoms with Gasteiger partial charge in [0.2, 0.25) is 0 Å². The fraction of sp³-hybridized carbons (Fsp3) is 0.261. The van der Waals surface area contributed by atoms with Crippen LogP contribution in [0.3, 0.4) is 0 Å². The molecule has 0 aliphatic heterocycles. The third-order valence-corrected chi connectivity index (χ3v) is 5.56. The molecule has 0 bridgehead atoms. The van der Waals surface area contributed by atoms with Crippen LogP contribution in [0.4, 0.5) is 0 Å². The summed E-state index contributed by atoms with van der Waals surface area (Å²) in [5, 5.41) is 3.60. The molecule has 148 valence electrons. The lowest BCUT2D eigenvalue weighted by Gasteiger charge is -2.15. The average molecular weight is 453 g/mol. The van der Waals surface area contributed by atoms with Crippen molar-refractivity contribution in [3.8, 4) is 0 Å². The molecule has 0 saturated heterocycles. The van der Waals surface area contributed by atoms with Gasteiger partial charge in [0.15, 0.2) is 6.61 Å². The summed E-state index contributed by atoms with van der Waals surface area (Å²) in [6.45, 7) is 1.57. The van der Waals surface area contributed by atoms with Crippen LogP contribution in [0.15, 0.2) is 59.1 Å². The molecule has 1 aliphatic carbocycles. The molecule has 1 unspecified atom stereocenters. The number of carbonyl (C=O) groups excluding carboxylic acids is 2. The summed E-state index contributed by atoms with van der Waals surface area (Å²) >= 11 is 3.39. The van der Waals surface area contributed by atoms with E-state index in [0.29, 0.717) is 11.5 Å². The predicted octanol–water partition coefficient (Wildman–Crippen LogP) is 4.91. The summed E-state index contributed by atoms with van der Waals surface area (Å²) in [5.74, 6) is -0.423. The summed E-state index contributed by atoms with van der Waals surface area (Å²) in [7, 11) is 0. The van der Waals surface area contributed by atoms with Crippen LogP contribution in [0.5, 0.6) is 0 Å². The Morgan fingerprint density at radius 3 is 2.62 bits per heavy atom. The fourth-order valence-electron chi connectivity index (χ4n) is 3.28. The maximum absolute atomic E-state index is 12.7. The third-order valence-electron chi connectivity index (χ3n) is 5.03. The molecule has 1 N–H and O–H groups in total. The lowest BCUT2D eigenvalue weighted by molar-refractivity contribution is -0.124. The van der Waals surface area contributed by atoms with Gasteiger partial charge in [0.05, 0.1) is 17.1 Å². The second kappa shape index (κ2) is 8.33. The van der Waals surface area contributed by atoms with Gasteiger partial charge in [0, 0.05) is 21.5 Å². The number of hydrogen-bond acceptors (Lipinski definition) is 4. The van der Waals surface area contributed by atoms with Gasteiger partial charge in [0.1, 0.15) is 0 Å². The van der Waals surface area contributed by atoms with Gasteiger partial charge in [-0.15, -0.1) is 0 Å². The van der Waals surface area contributed by atoms with Crippen LogP contribution in [0, 0.1) is 0 Å². The number of benzene rings is 2. The Kier molecular flexibility index (Phi) is 5.62. The minimum Gasteiger partial charge on any atom is -0.452 e. The van der Waals surface area contributed by atoms with Crippen LogP contribution in [0.2, 0.25) is 0 Å². The topological polar surface area (TPSA) is 68.3 Å². The van der Waals surface area contributed by atoms with Crippen LogP contribution in [-0.2, 0) is 9.53 Å². The average Bonchev–Trinajstić information content (AvgIpc) is 3.57. The zero-order valence-corrected chi connectivity index (χ0v) is 17.6. The predicted molar refractivity (Wildman–Crippen MR) is 115 cm³/mol. The number of para-hydroxylation sites is 1. The highest BCUT2D eigenvalue weighted by Gasteiger charge is 2.27. The largest absolute Gasteiger partial charge is 0.452 e. The van der Waals surface area contributed by atoms with Gasteiger partial charge < -0.3 is 10.1 Å². The van der Waals surface area contributed by atoms with Crippen molar-refractivity contribution < 1.29 is 14.3 Å². The number of aromatic nitrogens is 1. The molecule has 4 rings (SSSR count). The summed E-state index contributed by atoms with van der Waals surface area (Å²) in [6.07, 6.45) is 2.19. The van der Waals surface area contributed by atoms with Gasteiger partial charge in [-0.2, -0.15) is 0 Å². The SMILES string of the molecule is CC(NC(=O)COC(=O)c1cc(C2CC2)nc2ccccc12)c1ccc(Br)cc1. The van der Waals surface area contributed by atoms with E-state index in [9.17, 15) is 9.59 Å². The molecule has 1 atom stereocenters. The molecule has 5 nitrogen and oxygen atoms in total. The van der Waals surface area contributed by atoms with E-state index < -0.39 is 5.97 Å². The van der Waals surface area contributed by atoms with Crippen molar-refractivity contribution in [1.29, 1.82) is 0 Å². The fourth-order valence-corrected chi connectivity index (χ4v) is 3.54. The number of hydrogen-bond donors (Lipinski definition) is 1. The lowest BCUT2D eigenvalue weighted by Crippen LogP contribution is -2.31. The molecule has 0 radical (unpaired) electrons. The second-order valence-electron chi connectivity index (χ2n) is 7.30. The number of halogens is 1. The van der Waals surface area contributed by atoms with Crippen LogP contribution in [0.25, 0.3) is 10.9 Å². The van der Waals surface area contributed by atoms with Crippen molar-refractivity contribution in [3.63, 3.8) is 0 Å². The zero-order valence-electron chi connectivity index (χ0n) is 16.0. The standard InChI is InChI=1S/C23H21BrN2O3/c1-14(15-8-10-17(24)11-9-15)25-22(27)13-29-23(28)19-12-21(16-6-7-16)26-20-5-3-2-4-18(19)20/h2-5,8-12,14,16H,6-7,13H2,1H3,(H,25,27). The number of fused-ring (bicyclic) bond motifs is 1. The van der Waals surface area contributed by atoms with Crippen LogP contribution >= 0.6 is 15.9 Å². The number of esters is 1. The smallest absolute Gasteiger partial charge is 0.339 e. The molecule has 3 aromatic rings. The van der Waals surface area contributed by atoms with Crippen molar-refractivity contribution in [2.24, 2.45) is 0 Å². The van der Waals surface area contributed by atoms with Gasteiger partial charge in [-0.05, 0) is 49.6 Å². The number of nitrogens with one attached hydrogen (secondary N) is 1. The summed E-state index contributed by atoms with van der Waals surface area (Å²) in [5.41, 5.74) is 3.13. The highest BCUT2D eigenvalue weighted by atomic mass is 79.9. The van der Waals surface area contributed by atoms with E-state index in [1.54, 1.807) is 0 Å². The summed E-state index contributed by atoms with van der Waals surface area (Å²) in [6, 6.07) is 16.8. The quantitative estimate of drug-likeness (QED) is 0.539. The lowest BCUT2D eigenvalue weighted by atomic mass is 10.1. The highest BCUT2D eigenvalue weighted by Crippen LogP contribution is 2.40. The summed E-state index contributed by atoms with van der Waals surface area (Å²) < 4.78 is 6.30. The van der Waals surface area contributed by atoms with Gasteiger partial charge in [-0.25, -0.2) is 4.79 Å². The number of carbonyl (C=O) groups is 2. The molecule has 1 aromatic heterocycles.